The first kappa shape index (κ1) is 15.7. The van der Waals surface area contributed by atoms with Crippen molar-refractivity contribution in [2.45, 2.75) is 12.5 Å². The molecule has 1 N–H and O–H groups in total. The first-order chi connectivity index (χ1) is 12.1. The molecule has 1 heterocycles. The fourth-order valence-corrected chi connectivity index (χ4v) is 3.30. The van der Waals surface area contributed by atoms with Gasteiger partial charge in [0.1, 0.15) is 6.04 Å². The summed E-state index contributed by atoms with van der Waals surface area (Å²) in [5.41, 5.74) is 1.32. The number of anilines is 2. The fraction of sp³-hybridized carbons (Fsp3) is 0.100. The molecule has 25 heavy (non-hydrogen) atoms. The van der Waals surface area contributed by atoms with Crippen LogP contribution in [0.25, 0.3) is 10.8 Å². The number of fused-ring (bicyclic) bond motifs is 1. The maximum Gasteiger partial charge on any atom is 0.256 e. The summed E-state index contributed by atoms with van der Waals surface area (Å²) in [6.45, 7) is 0. The average Bonchev–Trinajstić information content (AvgIpc) is 2.88. The van der Waals surface area contributed by atoms with Gasteiger partial charge in [-0.05, 0) is 41.1 Å². The maximum absolute atomic E-state index is 12.7. The van der Waals surface area contributed by atoms with Crippen molar-refractivity contribution in [1.29, 1.82) is 0 Å². The number of hydrogen-bond acceptors (Lipinski definition) is 3. The molecule has 0 aromatic heterocycles. The number of carbonyl (C=O) groups excluding carboxylic acids is 2. The summed E-state index contributed by atoms with van der Waals surface area (Å²) < 4.78 is 0. The third-order valence-electron chi connectivity index (χ3n) is 4.30. The second-order valence-corrected chi connectivity index (χ2v) is 6.45. The Kier molecular flexibility index (Phi) is 3.90. The van der Waals surface area contributed by atoms with Gasteiger partial charge in [0.25, 0.3) is 5.91 Å². The highest BCUT2D eigenvalue weighted by Gasteiger charge is 2.39. The third-order valence-corrected chi connectivity index (χ3v) is 4.54. The molecule has 1 aliphatic rings. The Morgan fingerprint density at radius 1 is 0.920 bits per heavy atom. The first-order valence-electron chi connectivity index (χ1n) is 7.99. The highest BCUT2D eigenvalue weighted by molar-refractivity contribution is 6.31. The van der Waals surface area contributed by atoms with E-state index in [1.807, 2.05) is 42.5 Å². The number of rotatable bonds is 3. The number of halogens is 1. The number of carbonyl (C=O) groups is 2. The van der Waals surface area contributed by atoms with Crippen LogP contribution in [0.5, 0.6) is 0 Å². The van der Waals surface area contributed by atoms with Gasteiger partial charge >= 0.3 is 0 Å². The van der Waals surface area contributed by atoms with Gasteiger partial charge in [0.2, 0.25) is 5.91 Å². The summed E-state index contributed by atoms with van der Waals surface area (Å²) in [4.78, 5) is 26.2. The van der Waals surface area contributed by atoms with Gasteiger partial charge in [-0.25, -0.2) is 4.90 Å². The SMILES string of the molecule is O=C1C[C@@H](Nc2ccc3ccccc3c2)C(=O)N1c1cccc(Cl)c1. The fourth-order valence-electron chi connectivity index (χ4n) is 3.11. The molecule has 1 fully saturated rings. The van der Waals surface area contributed by atoms with E-state index >= 15 is 0 Å². The molecule has 4 nitrogen and oxygen atoms in total. The first-order valence-corrected chi connectivity index (χ1v) is 8.37. The molecule has 0 unspecified atom stereocenters. The van der Waals surface area contributed by atoms with Crippen LogP contribution in [0.4, 0.5) is 11.4 Å². The zero-order valence-corrected chi connectivity index (χ0v) is 14.0. The third kappa shape index (κ3) is 2.96. The molecule has 0 bridgehead atoms. The molecule has 0 saturated carbocycles. The van der Waals surface area contributed by atoms with E-state index in [-0.39, 0.29) is 18.2 Å². The summed E-state index contributed by atoms with van der Waals surface area (Å²) in [6.07, 6.45) is 0.123. The van der Waals surface area contributed by atoms with Crippen LogP contribution in [0.3, 0.4) is 0 Å². The van der Waals surface area contributed by atoms with E-state index in [0.29, 0.717) is 10.7 Å². The lowest BCUT2D eigenvalue weighted by Crippen LogP contribution is -2.34. The summed E-state index contributed by atoms with van der Waals surface area (Å²) in [5.74, 6) is -0.494. The number of nitrogens with zero attached hydrogens (tertiary/aromatic N) is 1. The Morgan fingerprint density at radius 2 is 1.72 bits per heavy atom. The largest absolute Gasteiger partial charge is 0.373 e. The van der Waals surface area contributed by atoms with Crippen LogP contribution in [0, 0.1) is 0 Å². The number of nitrogens with one attached hydrogen (secondary N) is 1. The van der Waals surface area contributed by atoms with Gasteiger partial charge in [0.05, 0.1) is 12.1 Å². The second kappa shape index (κ2) is 6.22. The molecule has 0 aliphatic carbocycles. The van der Waals surface area contributed by atoms with Crippen LogP contribution in [-0.4, -0.2) is 17.9 Å². The summed E-state index contributed by atoms with van der Waals surface area (Å²) >= 11 is 5.98. The van der Waals surface area contributed by atoms with Crippen molar-refractivity contribution in [3.05, 3.63) is 71.8 Å². The van der Waals surface area contributed by atoms with Crippen molar-refractivity contribution in [3.63, 3.8) is 0 Å². The Morgan fingerprint density at radius 3 is 2.52 bits per heavy atom. The molecule has 5 heteroatoms. The van der Waals surface area contributed by atoms with Crippen molar-refractivity contribution in [3.8, 4) is 0 Å². The van der Waals surface area contributed by atoms with Gasteiger partial charge in [-0.3, -0.25) is 9.59 Å². The van der Waals surface area contributed by atoms with E-state index in [2.05, 4.69) is 5.32 Å². The van der Waals surface area contributed by atoms with E-state index in [4.69, 9.17) is 11.6 Å². The van der Waals surface area contributed by atoms with Crippen molar-refractivity contribution >= 4 is 45.6 Å². The van der Waals surface area contributed by atoms with E-state index in [1.54, 1.807) is 24.3 Å². The predicted molar refractivity (Wildman–Crippen MR) is 99.9 cm³/mol. The molecule has 0 radical (unpaired) electrons. The monoisotopic (exact) mass is 350 g/mol. The summed E-state index contributed by atoms with van der Waals surface area (Å²) in [6, 6.07) is 20.1. The Balaban J connectivity index is 1.59. The van der Waals surface area contributed by atoms with Crippen LogP contribution in [-0.2, 0) is 9.59 Å². The van der Waals surface area contributed by atoms with Gasteiger partial charge in [0.15, 0.2) is 0 Å². The highest BCUT2D eigenvalue weighted by atomic mass is 35.5. The predicted octanol–water partition coefficient (Wildman–Crippen LogP) is 4.24. The summed E-state index contributed by atoms with van der Waals surface area (Å²) in [5, 5.41) is 5.88. The van der Waals surface area contributed by atoms with Crippen LogP contribution < -0.4 is 10.2 Å². The molecular weight excluding hydrogens is 336 g/mol. The maximum atomic E-state index is 12.7. The molecule has 1 aliphatic heterocycles. The minimum atomic E-state index is -0.576. The van der Waals surface area contributed by atoms with Gasteiger partial charge in [0, 0.05) is 10.7 Å². The van der Waals surface area contributed by atoms with Crippen molar-refractivity contribution in [2.75, 3.05) is 10.2 Å². The normalized spacial score (nSPS) is 17.3. The zero-order chi connectivity index (χ0) is 17.4. The van der Waals surface area contributed by atoms with Crippen LogP contribution in [0.15, 0.2) is 66.7 Å². The van der Waals surface area contributed by atoms with Crippen LogP contribution >= 0.6 is 11.6 Å². The lowest BCUT2D eigenvalue weighted by atomic mass is 10.1. The minimum Gasteiger partial charge on any atom is -0.373 e. The Hall–Kier alpha value is -2.85. The molecule has 3 aromatic carbocycles. The molecule has 2 amide bonds. The second-order valence-electron chi connectivity index (χ2n) is 6.01. The molecule has 1 saturated heterocycles. The zero-order valence-electron chi connectivity index (χ0n) is 13.3. The van der Waals surface area contributed by atoms with E-state index in [9.17, 15) is 9.59 Å². The molecule has 1 atom stereocenters. The van der Waals surface area contributed by atoms with Crippen molar-refractivity contribution < 1.29 is 9.59 Å². The highest BCUT2D eigenvalue weighted by Crippen LogP contribution is 2.27. The van der Waals surface area contributed by atoms with Crippen LogP contribution in [0.1, 0.15) is 6.42 Å². The Labute approximate surface area is 150 Å². The lowest BCUT2D eigenvalue weighted by molar-refractivity contribution is -0.121. The number of benzene rings is 3. The van der Waals surface area contributed by atoms with Gasteiger partial charge in [-0.2, -0.15) is 0 Å². The Bertz CT molecular complexity index is 986. The lowest BCUT2D eigenvalue weighted by Gasteiger charge is -2.16. The smallest absolute Gasteiger partial charge is 0.256 e. The number of imide groups is 1. The van der Waals surface area contributed by atoms with Gasteiger partial charge < -0.3 is 5.32 Å². The number of hydrogen-bond donors (Lipinski definition) is 1. The van der Waals surface area contributed by atoms with E-state index < -0.39 is 6.04 Å². The standard InChI is InChI=1S/C20H15ClN2O2/c21-15-6-3-7-17(11-15)23-19(24)12-18(20(23)25)22-16-9-8-13-4-1-2-5-14(13)10-16/h1-11,18,22H,12H2/t18-/m1/s1. The number of amides is 2. The minimum absolute atomic E-state index is 0.123. The van der Waals surface area contributed by atoms with E-state index in [1.165, 1.54) is 4.90 Å². The molecule has 3 aromatic rings. The quantitative estimate of drug-likeness (QED) is 0.719. The molecular formula is C20H15ClN2O2. The molecule has 4 rings (SSSR count). The topological polar surface area (TPSA) is 49.4 Å². The molecule has 0 spiro atoms. The average molecular weight is 351 g/mol. The van der Waals surface area contributed by atoms with Gasteiger partial charge in [-0.1, -0.05) is 48.0 Å². The van der Waals surface area contributed by atoms with Crippen LogP contribution in [0.2, 0.25) is 5.02 Å². The van der Waals surface area contributed by atoms with Crippen molar-refractivity contribution in [2.24, 2.45) is 0 Å². The van der Waals surface area contributed by atoms with E-state index in [0.717, 1.165) is 16.5 Å². The molecule has 124 valence electrons. The summed E-state index contributed by atoms with van der Waals surface area (Å²) in [7, 11) is 0. The van der Waals surface area contributed by atoms with Crippen molar-refractivity contribution in [1.82, 2.24) is 0 Å². The van der Waals surface area contributed by atoms with Gasteiger partial charge in [-0.15, -0.1) is 0 Å².